The fourth-order valence-corrected chi connectivity index (χ4v) is 3.08. The third kappa shape index (κ3) is 3.88. The number of rotatable bonds is 6. The summed E-state index contributed by atoms with van der Waals surface area (Å²) in [5.74, 6) is -3.10. The van der Waals surface area contributed by atoms with Gasteiger partial charge in [0, 0.05) is 6.54 Å². The molecule has 1 aliphatic heterocycles. The van der Waals surface area contributed by atoms with Gasteiger partial charge in [-0.1, -0.05) is 54.6 Å². The molecule has 1 heterocycles. The van der Waals surface area contributed by atoms with E-state index in [9.17, 15) is 19.5 Å². The van der Waals surface area contributed by atoms with E-state index in [1.165, 1.54) is 4.90 Å². The van der Waals surface area contributed by atoms with Gasteiger partial charge < -0.3 is 20.4 Å². The molecule has 7 nitrogen and oxygen atoms in total. The first-order chi connectivity index (χ1) is 13.4. The first kappa shape index (κ1) is 19.2. The van der Waals surface area contributed by atoms with Gasteiger partial charge in [0.25, 0.3) is 11.8 Å². The molecule has 3 rings (SSSR count). The van der Waals surface area contributed by atoms with Crippen LogP contribution in [-0.4, -0.2) is 45.5 Å². The summed E-state index contributed by atoms with van der Waals surface area (Å²) in [5.41, 5.74) is 2.56. The summed E-state index contributed by atoms with van der Waals surface area (Å²) >= 11 is 0. The van der Waals surface area contributed by atoms with Crippen molar-refractivity contribution in [1.29, 1.82) is 0 Å². The maximum absolute atomic E-state index is 12.6. The van der Waals surface area contributed by atoms with Crippen molar-refractivity contribution in [3.05, 3.63) is 71.5 Å². The summed E-state index contributed by atoms with van der Waals surface area (Å²) < 4.78 is 0. The van der Waals surface area contributed by atoms with Crippen LogP contribution in [0.1, 0.15) is 12.5 Å². The standard InChI is InChI=1S/C21H20N2O5/c1-13-19(26)18(20(27)22-11-17(24)25)21(28)23(13)12-14-7-9-16(10-8-14)15-5-3-2-4-6-15/h2-10,13,26H,11-12H2,1H3,(H,22,27)(H,24,25). The fourth-order valence-electron chi connectivity index (χ4n) is 3.08. The number of nitrogens with one attached hydrogen (secondary N) is 1. The van der Waals surface area contributed by atoms with E-state index in [0.29, 0.717) is 0 Å². The zero-order chi connectivity index (χ0) is 20.3. The maximum atomic E-state index is 12.6. The van der Waals surface area contributed by atoms with Gasteiger partial charge in [0.1, 0.15) is 17.9 Å². The van der Waals surface area contributed by atoms with Crippen LogP contribution in [0.3, 0.4) is 0 Å². The molecule has 0 spiro atoms. The molecule has 0 saturated carbocycles. The number of nitrogens with zero attached hydrogens (tertiary/aromatic N) is 1. The van der Waals surface area contributed by atoms with Gasteiger partial charge in [0.15, 0.2) is 0 Å². The zero-order valence-corrected chi connectivity index (χ0v) is 15.3. The molecule has 2 amide bonds. The van der Waals surface area contributed by atoms with Crippen LogP contribution in [0.2, 0.25) is 0 Å². The van der Waals surface area contributed by atoms with E-state index in [-0.39, 0.29) is 12.3 Å². The number of hydrogen-bond donors (Lipinski definition) is 3. The quantitative estimate of drug-likeness (QED) is 0.666. The van der Waals surface area contributed by atoms with Crippen LogP contribution in [-0.2, 0) is 20.9 Å². The van der Waals surface area contributed by atoms with Crippen molar-refractivity contribution in [2.75, 3.05) is 6.54 Å². The Labute approximate surface area is 161 Å². The maximum Gasteiger partial charge on any atom is 0.322 e. The Morgan fingerprint density at radius 3 is 2.25 bits per heavy atom. The van der Waals surface area contributed by atoms with E-state index in [1.807, 2.05) is 54.6 Å². The molecule has 0 aromatic heterocycles. The molecular weight excluding hydrogens is 360 g/mol. The molecule has 0 saturated heterocycles. The van der Waals surface area contributed by atoms with Crippen molar-refractivity contribution in [1.82, 2.24) is 10.2 Å². The van der Waals surface area contributed by atoms with Gasteiger partial charge >= 0.3 is 5.97 Å². The Morgan fingerprint density at radius 2 is 1.64 bits per heavy atom. The third-order valence-corrected chi connectivity index (χ3v) is 4.64. The topological polar surface area (TPSA) is 107 Å². The average molecular weight is 380 g/mol. The van der Waals surface area contributed by atoms with Crippen molar-refractivity contribution in [2.45, 2.75) is 19.5 Å². The van der Waals surface area contributed by atoms with E-state index >= 15 is 0 Å². The predicted octanol–water partition coefficient (Wildman–Crippen LogP) is 2.10. The fraction of sp³-hybridized carbons (Fsp3) is 0.190. The molecule has 0 radical (unpaired) electrons. The van der Waals surface area contributed by atoms with E-state index in [2.05, 4.69) is 5.32 Å². The lowest BCUT2D eigenvalue weighted by molar-refractivity contribution is -0.138. The van der Waals surface area contributed by atoms with Crippen LogP contribution in [0.5, 0.6) is 0 Å². The minimum Gasteiger partial charge on any atom is -0.509 e. The van der Waals surface area contributed by atoms with E-state index in [4.69, 9.17) is 5.11 Å². The second kappa shape index (κ2) is 7.96. The number of benzene rings is 2. The van der Waals surface area contributed by atoms with Crippen molar-refractivity contribution in [2.24, 2.45) is 0 Å². The van der Waals surface area contributed by atoms with Crippen molar-refractivity contribution in [3.8, 4) is 11.1 Å². The van der Waals surface area contributed by atoms with E-state index < -0.39 is 35.9 Å². The summed E-state index contributed by atoms with van der Waals surface area (Å²) in [5, 5.41) is 21.0. The second-order valence-corrected chi connectivity index (χ2v) is 6.51. The van der Waals surface area contributed by atoms with Gasteiger partial charge in [-0.15, -0.1) is 0 Å². The van der Waals surface area contributed by atoms with Gasteiger partial charge in [0.05, 0.1) is 6.04 Å². The van der Waals surface area contributed by atoms with Crippen LogP contribution in [0.25, 0.3) is 11.1 Å². The highest BCUT2D eigenvalue weighted by molar-refractivity contribution is 6.20. The van der Waals surface area contributed by atoms with Crippen molar-refractivity contribution >= 4 is 17.8 Å². The summed E-state index contributed by atoms with van der Waals surface area (Å²) in [6, 6.07) is 16.9. The van der Waals surface area contributed by atoms with Crippen molar-refractivity contribution in [3.63, 3.8) is 0 Å². The molecule has 0 bridgehead atoms. The van der Waals surface area contributed by atoms with Gasteiger partial charge in [-0.2, -0.15) is 0 Å². The zero-order valence-electron chi connectivity index (χ0n) is 15.3. The number of carbonyl (C=O) groups excluding carboxylic acids is 2. The Bertz CT molecular complexity index is 935. The molecule has 0 fully saturated rings. The number of carbonyl (C=O) groups is 3. The smallest absolute Gasteiger partial charge is 0.322 e. The molecule has 2 aromatic rings. The molecule has 1 atom stereocenters. The molecule has 7 heteroatoms. The van der Waals surface area contributed by atoms with Crippen molar-refractivity contribution < 1.29 is 24.6 Å². The number of amides is 2. The van der Waals surface area contributed by atoms with E-state index in [1.54, 1.807) is 6.92 Å². The number of aliphatic hydroxyl groups is 1. The number of aliphatic carboxylic acids is 1. The molecule has 0 aliphatic carbocycles. The third-order valence-electron chi connectivity index (χ3n) is 4.64. The Hall–Kier alpha value is -3.61. The number of aliphatic hydroxyl groups excluding tert-OH is 1. The SMILES string of the molecule is CC1C(O)=C(C(=O)NCC(=O)O)C(=O)N1Cc1ccc(-c2ccccc2)cc1. The normalized spacial score (nSPS) is 16.4. The lowest BCUT2D eigenvalue weighted by Crippen LogP contribution is -2.36. The summed E-state index contributed by atoms with van der Waals surface area (Å²) in [6.45, 7) is 1.20. The molecule has 28 heavy (non-hydrogen) atoms. The highest BCUT2D eigenvalue weighted by atomic mass is 16.4. The summed E-state index contributed by atoms with van der Waals surface area (Å²) in [4.78, 5) is 36.7. The van der Waals surface area contributed by atoms with Crippen LogP contribution in [0.15, 0.2) is 65.9 Å². The average Bonchev–Trinajstić information content (AvgIpc) is 2.91. The Balaban J connectivity index is 1.72. The predicted molar refractivity (Wildman–Crippen MR) is 102 cm³/mol. The van der Waals surface area contributed by atoms with Crippen LogP contribution < -0.4 is 5.32 Å². The highest BCUT2D eigenvalue weighted by Gasteiger charge is 2.40. The molecule has 1 unspecified atom stereocenters. The van der Waals surface area contributed by atoms with Gasteiger partial charge in [-0.3, -0.25) is 14.4 Å². The second-order valence-electron chi connectivity index (χ2n) is 6.51. The summed E-state index contributed by atoms with van der Waals surface area (Å²) in [7, 11) is 0. The lowest BCUT2D eigenvalue weighted by atomic mass is 10.0. The minimum atomic E-state index is -1.23. The minimum absolute atomic E-state index is 0.217. The molecule has 144 valence electrons. The number of carboxylic acids is 1. The largest absolute Gasteiger partial charge is 0.509 e. The Kier molecular flexibility index (Phi) is 5.44. The first-order valence-electron chi connectivity index (χ1n) is 8.77. The molecular formula is C21H20N2O5. The van der Waals surface area contributed by atoms with Gasteiger partial charge in [0.2, 0.25) is 0 Å². The van der Waals surface area contributed by atoms with Gasteiger partial charge in [-0.25, -0.2) is 0 Å². The highest BCUT2D eigenvalue weighted by Crippen LogP contribution is 2.27. The number of carboxylic acid groups (broad SMARTS) is 1. The van der Waals surface area contributed by atoms with Crippen LogP contribution in [0.4, 0.5) is 0 Å². The Morgan fingerprint density at radius 1 is 1.04 bits per heavy atom. The van der Waals surface area contributed by atoms with Gasteiger partial charge in [-0.05, 0) is 23.6 Å². The number of hydrogen-bond acceptors (Lipinski definition) is 4. The molecule has 2 aromatic carbocycles. The molecule has 3 N–H and O–H groups in total. The van der Waals surface area contributed by atoms with Crippen LogP contribution >= 0.6 is 0 Å². The first-order valence-corrected chi connectivity index (χ1v) is 8.77. The lowest BCUT2D eigenvalue weighted by Gasteiger charge is -2.22. The van der Waals surface area contributed by atoms with Crippen LogP contribution in [0, 0.1) is 0 Å². The monoisotopic (exact) mass is 380 g/mol. The molecule has 1 aliphatic rings. The summed E-state index contributed by atoms with van der Waals surface area (Å²) in [6.07, 6.45) is 0. The van der Waals surface area contributed by atoms with E-state index in [0.717, 1.165) is 16.7 Å².